The lowest BCUT2D eigenvalue weighted by molar-refractivity contribution is -0.141. The molecule has 3 aliphatic carbocycles. The zero-order valence-electron chi connectivity index (χ0n) is 29.1. The number of pyridine rings is 1. The number of aryl methyl sites for hydroxylation is 1. The number of amides is 1. The van der Waals surface area contributed by atoms with E-state index in [0.29, 0.717) is 43.6 Å². The average molecular weight is 713 g/mol. The number of phenolic OH excluding ortho intramolecular Hbond substituents is 1. The normalized spacial score (nSPS) is 28.3. The highest BCUT2D eigenvalue weighted by molar-refractivity contribution is 5.92. The summed E-state index contributed by atoms with van der Waals surface area (Å²) in [5, 5.41) is 30.5. The second-order valence-electron chi connectivity index (χ2n) is 14.3. The minimum absolute atomic E-state index is 0.0552. The first-order valence-corrected chi connectivity index (χ1v) is 18.0. The molecule has 0 radical (unpaired) electrons. The second kappa shape index (κ2) is 15.7. The third-order valence-electron chi connectivity index (χ3n) is 11.1. The van der Waals surface area contributed by atoms with Crippen molar-refractivity contribution in [1.82, 2.24) is 20.5 Å². The van der Waals surface area contributed by atoms with Gasteiger partial charge in [-0.3, -0.25) is 4.79 Å². The molecule has 13 heteroatoms. The number of rotatable bonds is 8. The summed E-state index contributed by atoms with van der Waals surface area (Å²) in [6, 6.07) is 12.5. The minimum Gasteiger partial charge on any atom is -0.508 e. The van der Waals surface area contributed by atoms with Gasteiger partial charge >= 0.3 is 6.18 Å². The number of benzene rings is 1. The fourth-order valence-corrected chi connectivity index (χ4v) is 8.45. The summed E-state index contributed by atoms with van der Waals surface area (Å²) >= 11 is 0. The summed E-state index contributed by atoms with van der Waals surface area (Å²) in [7, 11) is 0. The number of carbonyl (C=O) groups excluding carboxylic acids is 1. The number of nitrogens with one attached hydrogen (secondary N) is 1. The van der Waals surface area contributed by atoms with Crippen LogP contribution in [0.25, 0.3) is 0 Å². The Morgan fingerprint density at radius 2 is 1.90 bits per heavy atom. The molecule has 51 heavy (non-hydrogen) atoms. The Morgan fingerprint density at radius 1 is 1.06 bits per heavy atom. The zero-order valence-corrected chi connectivity index (χ0v) is 29.1. The molecule has 1 aromatic carbocycles. The van der Waals surface area contributed by atoms with E-state index in [0.717, 1.165) is 37.7 Å². The number of carbonyl (C=O) groups is 1. The van der Waals surface area contributed by atoms with Gasteiger partial charge in [-0.25, -0.2) is 4.98 Å². The number of nitrogens with zero attached hydrogens (tertiary/aromatic N) is 3. The number of aromatic hydroxyl groups is 1. The number of aliphatic hydroxyl groups is 1. The van der Waals surface area contributed by atoms with Crippen LogP contribution < -0.4 is 14.8 Å². The molecule has 0 bridgehead atoms. The first kappa shape index (κ1) is 36.8. The fourth-order valence-electron chi connectivity index (χ4n) is 8.45. The van der Waals surface area contributed by atoms with E-state index in [4.69, 9.17) is 14.2 Å². The number of ether oxygens (including phenoxy) is 3. The van der Waals surface area contributed by atoms with Crippen molar-refractivity contribution in [3.8, 4) is 17.5 Å². The maximum Gasteiger partial charge on any atom is 0.433 e. The highest BCUT2D eigenvalue weighted by atomic mass is 19.4. The predicted octanol–water partition coefficient (Wildman–Crippen LogP) is 6.64. The van der Waals surface area contributed by atoms with Gasteiger partial charge in [-0.05, 0) is 116 Å². The highest BCUT2D eigenvalue weighted by Crippen LogP contribution is 2.60. The van der Waals surface area contributed by atoms with Gasteiger partial charge in [0.2, 0.25) is 11.8 Å². The fraction of sp³-hybridized carbons (Fsp3) is 0.579. The van der Waals surface area contributed by atoms with Crippen molar-refractivity contribution in [2.24, 2.45) is 17.3 Å². The molecule has 4 aliphatic rings. The van der Waals surface area contributed by atoms with Crippen LogP contribution in [0.3, 0.4) is 0 Å². The topological polar surface area (TPSA) is 136 Å². The molecule has 3 N–H and O–H groups in total. The number of hydrogen-bond acceptors (Lipinski definition) is 9. The average Bonchev–Trinajstić information content (AvgIpc) is 3.44. The van der Waals surface area contributed by atoms with Gasteiger partial charge in [0.25, 0.3) is 5.91 Å². The second-order valence-corrected chi connectivity index (χ2v) is 14.3. The van der Waals surface area contributed by atoms with Crippen molar-refractivity contribution in [2.75, 3.05) is 19.8 Å². The van der Waals surface area contributed by atoms with Gasteiger partial charge in [-0.2, -0.15) is 13.2 Å². The van der Waals surface area contributed by atoms with Crippen molar-refractivity contribution >= 4 is 5.91 Å². The lowest BCUT2D eigenvalue weighted by Crippen LogP contribution is -2.43. The van der Waals surface area contributed by atoms with Crippen LogP contribution in [0.5, 0.6) is 17.5 Å². The van der Waals surface area contributed by atoms with Crippen molar-refractivity contribution in [3.63, 3.8) is 0 Å². The third kappa shape index (κ3) is 8.41. The number of hydrogen-bond donors (Lipinski definition) is 3. The molecule has 10 nitrogen and oxygen atoms in total. The standard InChI is InChI=1S/C20H23F3N4O4.C18H24O2/c1-2-10-24-19(28)13-8-9-18(27-26-13)30-12-15-14(5-4-11-29-15)31-17-7-3-6-16(25-17)20(21,22)23;1-18-9-8-14-13-5-3-12(19)10-11(13)2-4-15(14)16(18)6-7-17(18)20/h3,6-9,14-15H,2,4-5,10-12H2,1H3,(H,24,28);3,5,10,14-17,19-20H,2,4,6-9H2,1H3. The van der Waals surface area contributed by atoms with Crippen LogP contribution in [0.1, 0.15) is 98.4 Å². The van der Waals surface area contributed by atoms with Crippen LogP contribution in [-0.2, 0) is 17.3 Å². The van der Waals surface area contributed by atoms with E-state index in [2.05, 4.69) is 33.5 Å². The quantitative estimate of drug-likeness (QED) is 0.235. The number of fused-ring (bicyclic) bond motifs is 5. The van der Waals surface area contributed by atoms with Crippen molar-refractivity contribution in [1.29, 1.82) is 0 Å². The molecule has 3 aromatic rings. The maximum atomic E-state index is 12.9. The van der Waals surface area contributed by atoms with E-state index in [9.17, 15) is 28.2 Å². The van der Waals surface area contributed by atoms with Crippen LogP contribution in [0.4, 0.5) is 13.2 Å². The smallest absolute Gasteiger partial charge is 0.433 e. The molecule has 1 saturated heterocycles. The van der Waals surface area contributed by atoms with E-state index >= 15 is 0 Å². The molecule has 3 heterocycles. The van der Waals surface area contributed by atoms with Crippen LogP contribution in [0.15, 0.2) is 48.5 Å². The molecule has 1 amide bonds. The number of aliphatic hydroxyl groups excluding tert-OH is 1. The van der Waals surface area contributed by atoms with E-state index in [-0.39, 0.29) is 41.5 Å². The van der Waals surface area contributed by atoms with E-state index in [1.807, 2.05) is 19.1 Å². The molecule has 3 fully saturated rings. The highest BCUT2D eigenvalue weighted by Gasteiger charge is 2.54. The number of phenols is 1. The number of halogens is 3. The third-order valence-corrected chi connectivity index (χ3v) is 11.1. The maximum absolute atomic E-state index is 12.9. The van der Waals surface area contributed by atoms with Gasteiger partial charge in [0.1, 0.15) is 30.3 Å². The van der Waals surface area contributed by atoms with E-state index < -0.39 is 24.1 Å². The lowest BCUT2D eigenvalue weighted by Gasteiger charge is -2.50. The predicted molar refractivity (Wildman–Crippen MR) is 182 cm³/mol. The van der Waals surface area contributed by atoms with Crippen molar-refractivity contribution in [3.05, 3.63) is 71.0 Å². The van der Waals surface area contributed by atoms with Crippen molar-refractivity contribution < 1.29 is 42.4 Å². The van der Waals surface area contributed by atoms with Crippen LogP contribution in [0, 0.1) is 17.3 Å². The van der Waals surface area contributed by atoms with Crippen LogP contribution in [-0.4, -0.2) is 69.4 Å². The lowest BCUT2D eigenvalue weighted by atomic mass is 9.55. The minimum atomic E-state index is -4.55. The molecule has 1 aliphatic heterocycles. The Kier molecular flexibility index (Phi) is 11.4. The summed E-state index contributed by atoms with van der Waals surface area (Å²) in [4.78, 5) is 15.4. The summed E-state index contributed by atoms with van der Waals surface area (Å²) in [6.07, 6.45) is 3.25. The van der Waals surface area contributed by atoms with Gasteiger partial charge in [-0.1, -0.05) is 26.0 Å². The first-order chi connectivity index (χ1) is 24.5. The molecular weight excluding hydrogens is 665 g/mol. The Bertz CT molecular complexity index is 1640. The summed E-state index contributed by atoms with van der Waals surface area (Å²) in [5.41, 5.74) is 2.14. The first-order valence-electron chi connectivity index (χ1n) is 18.0. The Balaban J connectivity index is 0.000000191. The van der Waals surface area contributed by atoms with E-state index in [1.54, 1.807) is 0 Å². The van der Waals surface area contributed by atoms with Gasteiger partial charge in [0.15, 0.2) is 5.69 Å². The summed E-state index contributed by atoms with van der Waals surface area (Å²) in [6.45, 7) is 5.33. The number of alkyl halides is 3. The summed E-state index contributed by atoms with van der Waals surface area (Å²) < 4.78 is 55.6. The van der Waals surface area contributed by atoms with Crippen LogP contribution >= 0.6 is 0 Å². The van der Waals surface area contributed by atoms with Gasteiger partial charge in [-0.15, -0.1) is 10.2 Å². The SMILES string of the molecule is CC12CCC3c4ccc(O)cc4CCC3C1CCC2O.CCCNC(=O)c1ccc(OCC2OCCCC2Oc2cccc(C(F)(F)F)n2)nn1. The monoisotopic (exact) mass is 712 g/mol. The van der Waals surface area contributed by atoms with Gasteiger partial charge in [0, 0.05) is 25.3 Å². The van der Waals surface area contributed by atoms with Crippen LogP contribution in [0.2, 0.25) is 0 Å². The largest absolute Gasteiger partial charge is 0.508 e. The van der Waals surface area contributed by atoms with Gasteiger partial charge < -0.3 is 29.7 Å². The van der Waals surface area contributed by atoms with E-state index in [1.165, 1.54) is 54.7 Å². The molecule has 0 spiro atoms. The summed E-state index contributed by atoms with van der Waals surface area (Å²) in [5.74, 6) is 2.23. The molecule has 7 unspecified atom stereocenters. The number of aromatic nitrogens is 3. The zero-order chi connectivity index (χ0) is 36.2. The Labute approximate surface area is 296 Å². The van der Waals surface area contributed by atoms with Gasteiger partial charge in [0.05, 0.1) is 6.10 Å². The Hall–Kier alpha value is -3.97. The molecule has 2 saturated carbocycles. The Morgan fingerprint density at radius 3 is 2.67 bits per heavy atom. The molecule has 276 valence electrons. The molecule has 7 atom stereocenters. The van der Waals surface area contributed by atoms with Crippen molar-refractivity contribution in [2.45, 2.75) is 102 Å². The molecule has 2 aromatic heterocycles. The molecular formula is C38H47F3N4O6. The molecule has 7 rings (SSSR count).